The number of aromatic nitrogens is 4. The highest BCUT2D eigenvalue weighted by Gasteiger charge is 2.45. The number of nitrogens with two attached hydrogens (primary N) is 1. The van der Waals surface area contributed by atoms with E-state index in [4.69, 9.17) is 15.5 Å². The van der Waals surface area contributed by atoms with E-state index in [1.807, 2.05) is 24.1 Å². The Morgan fingerprint density at radius 1 is 1.16 bits per heavy atom. The Kier molecular flexibility index (Phi) is 7.11. The number of alkyl halides is 3. The molecule has 14 heteroatoms. The molecular formula is C29H29BF3N7O3. The molecule has 0 radical (unpaired) electrons. The second-order valence-corrected chi connectivity index (χ2v) is 11.4. The van der Waals surface area contributed by atoms with E-state index in [1.165, 1.54) is 0 Å². The van der Waals surface area contributed by atoms with Crippen LogP contribution in [0, 0.1) is 5.41 Å². The quantitative estimate of drug-likeness (QED) is 0.342. The minimum atomic E-state index is -4.56. The summed E-state index contributed by atoms with van der Waals surface area (Å²) in [7, 11) is 1.92. The van der Waals surface area contributed by atoms with Gasteiger partial charge in [0.1, 0.15) is 28.7 Å². The van der Waals surface area contributed by atoms with Gasteiger partial charge in [0, 0.05) is 42.5 Å². The standard InChI is InChI=1S/C29H29BF3N7O3/c1-28(14-43-15-28)27(42)39-10-2-3-18(13-39)25-38-22(23-24(34)36-12-20(30)40(23)25)16-4-6-17(7-5-16)26(41)37-21-11-19(8-9-35-21)29(31,32)33/h4-9,11-12,18H,2-3,10,13-15,30H2,1H3,(H2,34,36)(H,35,37,41)/t18-/m1/s1. The number of carbonyl (C=O) groups excluding carboxylic acids is 2. The van der Waals surface area contributed by atoms with Crippen LogP contribution in [-0.2, 0) is 15.7 Å². The highest BCUT2D eigenvalue weighted by molar-refractivity contribution is 6.31. The lowest BCUT2D eigenvalue weighted by Crippen LogP contribution is -2.55. The van der Waals surface area contributed by atoms with Gasteiger partial charge in [0.2, 0.25) is 5.91 Å². The molecule has 1 atom stereocenters. The molecule has 2 aliphatic heterocycles. The van der Waals surface area contributed by atoms with Crippen molar-refractivity contribution >= 4 is 42.4 Å². The smallest absolute Gasteiger partial charge is 0.382 e. The van der Waals surface area contributed by atoms with E-state index in [-0.39, 0.29) is 23.2 Å². The third-order valence-corrected chi connectivity index (χ3v) is 8.07. The fourth-order valence-corrected chi connectivity index (χ4v) is 5.72. The Morgan fingerprint density at radius 3 is 2.58 bits per heavy atom. The molecule has 43 heavy (non-hydrogen) atoms. The summed E-state index contributed by atoms with van der Waals surface area (Å²) in [6.07, 6.45) is -0.194. The molecule has 3 aromatic heterocycles. The predicted molar refractivity (Wildman–Crippen MR) is 156 cm³/mol. The molecule has 2 saturated heterocycles. The van der Waals surface area contributed by atoms with Crippen LogP contribution in [0.25, 0.3) is 16.8 Å². The molecule has 10 nitrogen and oxygen atoms in total. The summed E-state index contributed by atoms with van der Waals surface area (Å²) in [5.74, 6) is 0.317. The summed E-state index contributed by atoms with van der Waals surface area (Å²) < 4.78 is 46.5. The number of fused-ring (bicyclic) bond motifs is 1. The number of anilines is 2. The summed E-state index contributed by atoms with van der Waals surface area (Å²) in [6.45, 7) is 3.99. The highest BCUT2D eigenvalue weighted by atomic mass is 19.4. The van der Waals surface area contributed by atoms with Crippen molar-refractivity contribution in [1.29, 1.82) is 0 Å². The monoisotopic (exact) mass is 591 g/mol. The maximum absolute atomic E-state index is 13.3. The second kappa shape index (κ2) is 10.7. The molecule has 0 bridgehead atoms. The van der Waals surface area contributed by atoms with Gasteiger partial charge in [-0.2, -0.15) is 13.2 Å². The number of amides is 2. The lowest BCUT2D eigenvalue weighted by Gasteiger charge is -2.42. The number of rotatable bonds is 5. The van der Waals surface area contributed by atoms with E-state index >= 15 is 0 Å². The molecule has 2 amide bonds. The predicted octanol–water partition coefficient (Wildman–Crippen LogP) is 2.65. The molecule has 1 aromatic carbocycles. The van der Waals surface area contributed by atoms with Crippen LogP contribution in [0.4, 0.5) is 24.8 Å². The van der Waals surface area contributed by atoms with Gasteiger partial charge in [-0.25, -0.2) is 15.0 Å². The van der Waals surface area contributed by atoms with Crippen molar-refractivity contribution in [3.63, 3.8) is 0 Å². The summed E-state index contributed by atoms with van der Waals surface area (Å²) in [5, 5.41) is 2.42. The molecule has 0 spiro atoms. The van der Waals surface area contributed by atoms with Gasteiger partial charge in [-0.15, -0.1) is 0 Å². The Bertz CT molecular complexity index is 1720. The fourth-order valence-electron chi connectivity index (χ4n) is 5.72. The van der Waals surface area contributed by atoms with Crippen LogP contribution >= 0.6 is 0 Å². The SMILES string of the molecule is Bc1cnc(N)c2c(-c3ccc(C(=O)Nc4cc(C(F)(F)F)ccn4)cc3)nc([C@@H]3CCCN(C(=O)C4(C)COC4)C3)n12. The van der Waals surface area contributed by atoms with E-state index in [9.17, 15) is 22.8 Å². The van der Waals surface area contributed by atoms with Crippen LogP contribution in [-0.4, -0.2) is 70.2 Å². The van der Waals surface area contributed by atoms with Crippen molar-refractivity contribution in [3.05, 3.63) is 65.7 Å². The summed E-state index contributed by atoms with van der Waals surface area (Å²) in [5.41, 5.74) is 7.93. The van der Waals surface area contributed by atoms with Crippen molar-refractivity contribution in [2.75, 3.05) is 37.4 Å². The number of imidazole rings is 1. The Balaban J connectivity index is 1.29. The van der Waals surface area contributed by atoms with Crippen LogP contribution < -0.4 is 16.6 Å². The number of hydrogen-bond donors (Lipinski definition) is 2. The first-order valence-corrected chi connectivity index (χ1v) is 13.9. The van der Waals surface area contributed by atoms with E-state index in [0.29, 0.717) is 48.9 Å². The summed E-state index contributed by atoms with van der Waals surface area (Å²) >= 11 is 0. The van der Waals surface area contributed by atoms with E-state index in [0.717, 1.165) is 42.6 Å². The van der Waals surface area contributed by atoms with Crippen molar-refractivity contribution in [2.45, 2.75) is 31.9 Å². The maximum atomic E-state index is 13.3. The van der Waals surface area contributed by atoms with Crippen molar-refractivity contribution < 1.29 is 27.5 Å². The molecule has 6 rings (SSSR count). The number of piperidine rings is 1. The summed E-state index contributed by atoms with van der Waals surface area (Å²) in [4.78, 5) is 41.2. The first-order chi connectivity index (χ1) is 20.4. The van der Waals surface area contributed by atoms with Crippen LogP contribution in [0.15, 0.2) is 48.8 Å². The Hall–Kier alpha value is -4.46. The average molecular weight is 591 g/mol. The highest BCUT2D eigenvalue weighted by Crippen LogP contribution is 2.36. The normalized spacial score (nSPS) is 18.3. The third kappa shape index (κ3) is 5.31. The van der Waals surface area contributed by atoms with Gasteiger partial charge in [-0.05, 0) is 49.6 Å². The van der Waals surface area contributed by atoms with Crippen LogP contribution in [0.3, 0.4) is 0 Å². The van der Waals surface area contributed by atoms with Gasteiger partial charge in [-0.1, -0.05) is 12.1 Å². The first kappa shape index (κ1) is 28.7. The molecule has 0 saturated carbocycles. The first-order valence-electron chi connectivity index (χ1n) is 13.9. The number of ether oxygens (including phenoxy) is 1. The number of benzene rings is 1. The van der Waals surface area contributed by atoms with Gasteiger partial charge in [0.05, 0.1) is 24.2 Å². The average Bonchev–Trinajstić information content (AvgIpc) is 3.39. The minimum absolute atomic E-state index is 0.0333. The third-order valence-electron chi connectivity index (χ3n) is 8.07. The molecule has 2 aliphatic rings. The second-order valence-electron chi connectivity index (χ2n) is 11.4. The number of hydrogen-bond acceptors (Lipinski definition) is 7. The Morgan fingerprint density at radius 2 is 1.91 bits per heavy atom. The molecule has 3 N–H and O–H groups in total. The molecule has 0 unspecified atom stereocenters. The zero-order chi connectivity index (χ0) is 30.5. The zero-order valence-electron chi connectivity index (χ0n) is 23.6. The van der Waals surface area contributed by atoms with Gasteiger partial charge in [0.25, 0.3) is 5.91 Å². The molecule has 222 valence electrons. The molecule has 5 heterocycles. The van der Waals surface area contributed by atoms with E-state index in [2.05, 4.69) is 15.3 Å². The number of likely N-dealkylation sites (tertiary alicyclic amines) is 1. The van der Waals surface area contributed by atoms with Crippen LogP contribution in [0.2, 0.25) is 0 Å². The summed E-state index contributed by atoms with van der Waals surface area (Å²) in [6, 6.07) is 8.15. The van der Waals surface area contributed by atoms with E-state index < -0.39 is 23.1 Å². The van der Waals surface area contributed by atoms with Crippen molar-refractivity contribution in [1.82, 2.24) is 24.3 Å². The van der Waals surface area contributed by atoms with Gasteiger partial charge in [0.15, 0.2) is 7.85 Å². The zero-order valence-corrected chi connectivity index (χ0v) is 23.6. The van der Waals surface area contributed by atoms with Crippen LogP contribution in [0.5, 0.6) is 0 Å². The van der Waals surface area contributed by atoms with Gasteiger partial charge in [-0.3, -0.25) is 9.59 Å². The number of carbonyl (C=O) groups is 2. The largest absolute Gasteiger partial charge is 0.416 e. The number of nitrogens with one attached hydrogen (secondary N) is 1. The Labute approximate surface area is 245 Å². The fraction of sp³-hybridized carbons (Fsp3) is 0.345. The topological polar surface area (TPSA) is 128 Å². The molecule has 0 aliphatic carbocycles. The maximum Gasteiger partial charge on any atom is 0.416 e. The number of nitrogens with zero attached hydrogens (tertiary/aromatic N) is 5. The molecular weight excluding hydrogens is 562 g/mol. The minimum Gasteiger partial charge on any atom is -0.382 e. The van der Waals surface area contributed by atoms with Crippen molar-refractivity contribution in [2.24, 2.45) is 5.41 Å². The molecule has 2 fully saturated rings. The van der Waals surface area contributed by atoms with E-state index in [1.54, 1.807) is 30.5 Å². The number of halogens is 3. The van der Waals surface area contributed by atoms with Gasteiger partial charge >= 0.3 is 6.18 Å². The van der Waals surface area contributed by atoms with Gasteiger partial charge < -0.3 is 25.1 Å². The van der Waals surface area contributed by atoms with Crippen molar-refractivity contribution in [3.8, 4) is 11.3 Å². The van der Waals surface area contributed by atoms with Crippen LogP contribution in [0.1, 0.15) is 47.4 Å². The molecule has 4 aromatic rings. The number of pyridine rings is 1. The lowest BCUT2D eigenvalue weighted by atomic mass is 9.85. The lowest BCUT2D eigenvalue weighted by molar-refractivity contribution is -0.170. The number of nitrogen functional groups attached to an aromatic ring is 1.